The number of hydrogen-bond donors (Lipinski definition) is 0. The van der Waals surface area contributed by atoms with Gasteiger partial charge in [0, 0.05) is 18.7 Å². The molecule has 0 saturated carbocycles. The Kier molecular flexibility index (Phi) is 5.36. The van der Waals surface area contributed by atoms with Crippen molar-refractivity contribution >= 4 is 5.97 Å². The minimum absolute atomic E-state index is 0.236. The van der Waals surface area contributed by atoms with Gasteiger partial charge in [-0.05, 0) is 36.9 Å². The fourth-order valence-corrected chi connectivity index (χ4v) is 2.95. The van der Waals surface area contributed by atoms with Gasteiger partial charge in [-0.2, -0.15) is 0 Å². The van der Waals surface area contributed by atoms with Gasteiger partial charge in [-0.25, -0.2) is 4.79 Å². The summed E-state index contributed by atoms with van der Waals surface area (Å²) in [5, 5.41) is 0. The van der Waals surface area contributed by atoms with E-state index in [9.17, 15) is 4.79 Å². The molecule has 1 aliphatic heterocycles. The molecule has 1 fully saturated rings. The summed E-state index contributed by atoms with van der Waals surface area (Å²) >= 11 is 0. The van der Waals surface area contributed by atoms with Crippen LogP contribution in [0.15, 0.2) is 42.0 Å². The van der Waals surface area contributed by atoms with Gasteiger partial charge in [0.25, 0.3) is 0 Å². The van der Waals surface area contributed by atoms with E-state index in [2.05, 4.69) is 36.1 Å². The number of nitrogens with zero attached hydrogens (tertiary/aromatic N) is 1. The standard InChI is InChI=1S/C17H23NO2/c1-3-16-15(12-17(19)20-2)10-7-11-18(16)13-14-8-5-4-6-9-14/h4-6,8-9,12,16H,3,7,10-11,13H2,1-2H3/b15-12+. The number of piperidine rings is 1. The quantitative estimate of drug-likeness (QED) is 0.623. The highest BCUT2D eigenvalue weighted by molar-refractivity contribution is 5.82. The summed E-state index contributed by atoms with van der Waals surface area (Å²) in [7, 11) is 1.44. The predicted octanol–water partition coefficient (Wildman–Crippen LogP) is 3.16. The van der Waals surface area contributed by atoms with Crippen LogP contribution in [0.2, 0.25) is 0 Å². The van der Waals surface area contributed by atoms with Gasteiger partial charge < -0.3 is 4.74 Å². The third-order valence-corrected chi connectivity index (χ3v) is 3.90. The minimum atomic E-state index is -0.236. The Labute approximate surface area is 121 Å². The minimum Gasteiger partial charge on any atom is -0.466 e. The maximum Gasteiger partial charge on any atom is 0.330 e. The van der Waals surface area contributed by atoms with Crippen LogP contribution in [0.25, 0.3) is 0 Å². The summed E-state index contributed by atoms with van der Waals surface area (Å²) in [5.74, 6) is -0.236. The number of benzene rings is 1. The van der Waals surface area contributed by atoms with Crippen LogP contribution in [0.4, 0.5) is 0 Å². The van der Waals surface area contributed by atoms with Gasteiger partial charge in [0.15, 0.2) is 0 Å². The largest absolute Gasteiger partial charge is 0.466 e. The van der Waals surface area contributed by atoms with Gasteiger partial charge in [0.1, 0.15) is 0 Å². The van der Waals surface area contributed by atoms with E-state index in [-0.39, 0.29) is 5.97 Å². The average molecular weight is 273 g/mol. The molecule has 20 heavy (non-hydrogen) atoms. The van der Waals surface area contributed by atoms with Crippen molar-refractivity contribution in [1.82, 2.24) is 4.90 Å². The second-order valence-corrected chi connectivity index (χ2v) is 5.23. The lowest BCUT2D eigenvalue weighted by atomic mass is 9.92. The zero-order chi connectivity index (χ0) is 14.4. The van der Waals surface area contributed by atoms with Crippen molar-refractivity contribution < 1.29 is 9.53 Å². The topological polar surface area (TPSA) is 29.5 Å². The summed E-state index contributed by atoms with van der Waals surface area (Å²) in [4.78, 5) is 14.0. The second-order valence-electron chi connectivity index (χ2n) is 5.23. The molecule has 1 atom stereocenters. The third-order valence-electron chi connectivity index (χ3n) is 3.90. The number of carbonyl (C=O) groups excluding carboxylic acids is 1. The molecule has 0 spiro atoms. The summed E-state index contributed by atoms with van der Waals surface area (Å²) in [6.07, 6.45) is 4.81. The molecule has 0 aliphatic carbocycles. The summed E-state index contributed by atoms with van der Waals surface area (Å²) < 4.78 is 4.77. The first-order chi connectivity index (χ1) is 9.74. The van der Waals surface area contributed by atoms with Gasteiger partial charge in [-0.3, -0.25) is 4.90 Å². The lowest BCUT2D eigenvalue weighted by Crippen LogP contribution is -2.40. The van der Waals surface area contributed by atoms with Crippen molar-refractivity contribution in [2.45, 2.75) is 38.8 Å². The Bertz CT molecular complexity index is 467. The molecule has 0 radical (unpaired) electrons. The molecular weight excluding hydrogens is 250 g/mol. The van der Waals surface area contributed by atoms with E-state index in [0.29, 0.717) is 6.04 Å². The molecule has 2 rings (SSSR count). The molecule has 1 aromatic rings. The van der Waals surface area contributed by atoms with Crippen molar-refractivity contribution in [2.24, 2.45) is 0 Å². The van der Waals surface area contributed by atoms with Crippen molar-refractivity contribution in [2.75, 3.05) is 13.7 Å². The first-order valence-corrected chi connectivity index (χ1v) is 7.31. The van der Waals surface area contributed by atoms with E-state index in [1.165, 1.54) is 18.2 Å². The normalized spacial score (nSPS) is 21.9. The highest BCUT2D eigenvalue weighted by atomic mass is 16.5. The van der Waals surface area contributed by atoms with Crippen LogP contribution >= 0.6 is 0 Å². The second kappa shape index (κ2) is 7.25. The number of carbonyl (C=O) groups is 1. The van der Waals surface area contributed by atoms with Crippen LogP contribution < -0.4 is 0 Å². The molecule has 108 valence electrons. The molecular formula is C17H23NO2. The Balaban J connectivity index is 2.12. The molecule has 3 nitrogen and oxygen atoms in total. The SMILES string of the molecule is CCC1/C(=C/C(=O)OC)CCCN1Cc1ccccc1. The predicted molar refractivity (Wildman–Crippen MR) is 80.3 cm³/mol. The van der Waals surface area contributed by atoms with Crippen molar-refractivity contribution in [3.8, 4) is 0 Å². The van der Waals surface area contributed by atoms with Crippen LogP contribution in [0.3, 0.4) is 0 Å². The molecule has 0 aromatic heterocycles. The number of rotatable bonds is 4. The summed E-state index contributed by atoms with van der Waals surface area (Å²) in [6.45, 7) is 4.21. The first-order valence-electron chi connectivity index (χ1n) is 7.31. The van der Waals surface area contributed by atoms with Crippen LogP contribution in [0.1, 0.15) is 31.7 Å². The maximum absolute atomic E-state index is 11.5. The van der Waals surface area contributed by atoms with E-state index < -0.39 is 0 Å². The van der Waals surface area contributed by atoms with Crippen molar-refractivity contribution in [3.05, 3.63) is 47.5 Å². The monoisotopic (exact) mass is 273 g/mol. The van der Waals surface area contributed by atoms with E-state index >= 15 is 0 Å². The van der Waals surface area contributed by atoms with Gasteiger partial charge in [-0.1, -0.05) is 37.3 Å². The number of esters is 1. The van der Waals surface area contributed by atoms with Crippen LogP contribution in [0, 0.1) is 0 Å². The van der Waals surface area contributed by atoms with Crippen LogP contribution in [0.5, 0.6) is 0 Å². The molecule has 0 amide bonds. The molecule has 3 heteroatoms. The Hall–Kier alpha value is -1.61. The molecule has 1 aromatic carbocycles. The van der Waals surface area contributed by atoms with Gasteiger partial charge in [-0.15, -0.1) is 0 Å². The van der Waals surface area contributed by atoms with E-state index in [4.69, 9.17) is 4.74 Å². The Morgan fingerprint density at radius 1 is 1.40 bits per heavy atom. The summed E-state index contributed by atoms with van der Waals surface area (Å²) in [6, 6.07) is 10.9. The van der Waals surface area contributed by atoms with E-state index in [1.54, 1.807) is 6.08 Å². The maximum atomic E-state index is 11.5. The Morgan fingerprint density at radius 2 is 2.15 bits per heavy atom. The fourth-order valence-electron chi connectivity index (χ4n) is 2.95. The van der Waals surface area contributed by atoms with Gasteiger partial charge >= 0.3 is 5.97 Å². The fraction of sp³-hybridized carbons (Fsp3) is 0.471. The van der Waals surface area contributed by atoms with Crippen molar-refractivity contribution in [1.29, 1.82) is 0 Å². The number of likely N-dealkylation sites (tertiary alicyclic amines) is 1. The number of methoxy groups -OCH3 is 1. The number of hydrogen-bond acceptors (Lipinski definition) is 3. The zero-order valence-corrected chi connectivity index (χ0v) is 12.3. The highest BCUT2D eigenvalue weighted by Crippen LogP contribution is 2.26. The zero-order valence-electron chi connectivity index (χ0n) is 12.3. The lowest BCUT2D eigenvalue weighted by molar-refractivity contribution is -0.134. The van der Waals surface area contributed by atoms with Crippen molar-refractivity contribution in [3.63, 3.8) is 0 Å². The highest BCUT2D eigenvalue weighted by Gasteiger charge is 2.25. The van der Waals surface area contributed by atoms with Gasteiger partial charge in [0.2, 0.25) is 0 Å². The van der Waals surface area contributed by atoms with E-state index in [1.807, 2.05) is 6.07 Å². The molecule has 0 N–H and O–H groups in total. The first kappa shape index (κ1) is 14.8. The molecule has 0 bridgehead atoms. The van der Waals surface area contributed by atoms with Crippen LogP contribution in [-0.2, 0) is 16.1 Å². The van der Waals surface area contributed by atoms with E-state index in [0.717, 1.165) is 32.4 Å². The smallest absolute Gasteiger partial charge is 0.330 e. The van der Waals surface area contributed by atoms with Gasteiger partial charge in [0.05, 0.1) is 7.11 Å². The number of ether oxygens (including phenoxy) is 1. The molecule has 1 saturated heterocycles. The average Bonchev–Trinajstić information content (AvgIpc) is 2.48. The molecule has 1 heterocycles. The lowest BCUT2D eigenvalue weighted by Gasteiger charge is -2.37. The summed E-state index contributed by atoms with van der Waals surface area (Å²) in [5.41, 5.74) is 2.53. The molecule has 1 unspecified atom stereocenters. The Morgan fingerprint density at radius 3 is 2.80 bits per heavy atom. The van der Waals surface area contributed by atoms with Crippen LogP contribution in [-0.4, -0.2) is 30.6 Å². The third kappa shape index (κ3) is 3.70. The molecule has 1 aliphatic rings.